The molecule has 2 N–H and O–H groups in total. The highest BCUT2D eigenvalue weighted by Gasteiger charge is 2.23. The minimum absolute atomic E-state index is 0.122. The second kappa shape index (κ2) is 8.18. The molecule has 3 rings (SSSR count). The van der Waals surface area contributed by atoms with Crippen molar-refractivity contribution in [2.45, 2.75) is 23.8 Å². The maximum absolute atomic E-state index is 12.2. The van der Waals surface area contributed by atoms with Crippen LogP contribution in [0.5, 0.6) is 0 Å². The maximum Gasteiger partial charge on any atom is 0.255 e. The van der Waals surface area contributed by atoms with Gasteiger partial charge in [-0.2, -0.15) is 0 Å². The molecule has 2 aromatic rings. The van der Waals surface area contributed by atoms with Crippen LogP contribution in [0.15, 0.2) is 53.4 Å². The van der Waals surface area contributed by atoms with Crippen molar-refractivity contribution in [2.75, 3.05) is 23.5 Å². The van der Waals surface area contributed by atoms with Gasteiger partial charge in [0.25, 0.3) is 11.8 Å². The van der Waals surface area contributed by atoms with Gasteiger partial charge in [-0.05, 0) is 67.6 Å². The molecule has 1 aliphatic rings. The molecule has 1 saturated heterocycles. The van der Waals surface area contributed by atoms with Gasteiger partial charge in [-0.3, -0.25) is 9.59 Å². The number of ether oxygens (including phenoxy) is 1. The van der Waals surface area contributed by atoms with E-state index in [4.69, 9.17) is 4.74 Å². The zero-order valence-corrected chi connectivity index (χ0v) is 14.8. The number of anilines is 2. The Kier molecular flexibility index (Phi) is 5.73. The Balaban J connectivity index is 1.57. The SMILES string of the molecule is CSc1ccc(C(=O)Nc2ccc(NC(=O)C3CCCO3)cc2)cc1. The predicted octanol–water partition coefficient (Wildman–Crippen LogP) is 3.78. The maximum atomic E-state index is 12.2. The Bertz CT molecular complexity index is 738. The molecule has 0 bridgehead atoms. The van der Waals surface area contributed by atoms with Gasteiger partial charge in [0.05, 0.1) is 0 Å². The van der Waals surface area contributed by atoms with Crippen LogP contribution >= 0.6 is 11.8 Å². The van der Waals surface area contributed by atoms with Gasteiger partial charge >= 0.3 is 0 Å². The topological polar surface area (TPSA) is 67.4 Å². The van der Waals surface area contributed by atoms with Gasteiger partial charge in [0.2, 0.25) is 0 Å². The number of amides is 2. The highest BCUT2D eigenvalue weighted by molar-refractivity contribution is 7.98. The fourth-order valence-corrected chi connectivity index (χ4v) is 3.00. The molecule has 130 valence electrons. The van der Waals surface area contributed by atoms with E-state index in [9.17, 15) is 9.59 Å². The molecule has 0 aromatic heterocycles. The quantitative estimate of drug-likeness (QED) is 0.800. The van der Waals surface area contributed by atoms with E-state index in [0.29, 0.717) is 23.5 Å². The van der Waals surface area contributed by atoms with Gasteiger partial charge in [-0.15, -0.1) is 11.8 Å². The smallest absolute Gasteiger partial charge is 0.255 e. The van der Waals surface area contributed by atoms with Crippen molar-refractivity contribution in [1.82, 2.24) is 0 Å². The van der Waals surface area contributed by atoms with Gasteiger partial charge in [0.1, 0.15) is 6.10 Å². The number of carbonyl (C=O) groups is 2. The van der Waals surface area contributed by atoms with E-state index in [1.165, 1.54) is 0 Å². The normalized spacial score (nSPS) is 16.4. The minimum Gasteiger partial charge on any atom is -0.368 e. The first-order chi connectivity index (χ1) is 12.2. The summed E-state index contributed by atoms with van der Waals surface area (Å²) in [6.07, 6.45) is 3.31. The highest BCUT2D eigenvalue weighted by atomic mass is 32.2. The zero-order chi connectivity index (χ0) is 17.6. The summed E-state index contributed by atoms with van der Waals surface area (Å²) in [5, 5.41) is 5.68. The zero-order valence-electron chi connectivity index (χ0n) is 14.0. The molecule has 1 unspecified atom stereocenters. The fourth-order valence-electron chi connectivity index (χ4n) is 2.59. The second-order valence-corrected chi connectivity index (χ2v) is 6.63. The molecule has 0 radical (unpaired) electrons. The van der Waals surface area contributed by atoms with E-state index < -0.39 is 0 Å². The van der Waals surface area contributed by atoms with E-state index in [2.05, 4.69) is 10.6 Å². The molecule has 2 aromatic carbocycles. The van der Waals surface area contributed by atoms with E-state index >= 15 is 0 Å². The van der Waals surface area contributed by atoms with Crippen LogP contribution in [0.1, 0.15) is 23.2 Å². The summed E-state index contributed by atoms with van der Waals surface area (Å²) in [5.74, 6) is -0.285. The minimum atomic E-state index is -0.358. The molecule has 1 aliphatic heterocycles. The van der Waals surface area contributed by atoms with Gasteiger partial charge in [0, 0.05) is 28.4 Å². The Morgan fingerprint density at radius 1 is 1.00 bits per heavy atom. The first-order valence-corrected chi connectivity index (χ1v) is 9.36. The molecule has 1 atom stereocenters. The summed E-state index contributed by atoms with van der Waals surface area (Å²) in [5.41, 5.74) is 1.96. The van der Waals surface area contributed by atoms with Crippen LogP contribution in [0.25, 0.3) is 0 Å². The van der Waals surface area contributed by atoms with Crippen molar-refractivity contribution in [3.8, 4) is 0 Å². The lowest BCUT2D eigenvalue weighted by atomic mass is 10.2. The van der Waals surface area contributed by atoms with Crippen molar-refractivity contribution in [3.05, 3.63) is 54.1 Å². The Hall–Kier alpha value is -2.31. The molecule has 5 nitrogen and oxygen atoms in total. The Morgan fingerprint density at radius 2 is 1.64 bits per heavy atom. The molecule has 0 aliphatic carbocycles. The average Bonchev–Trinajstić information content (AvgIpc) is 3.18. The molecule has 1 heterocycles. The van der Waals surface area contributed by atoms with Crippen molar-refractivity contribution in [3.63, 3.8) is 0 Å². The van der Waals surface area contributed by atoms with Gasteiger partial charge in [-0.25, -0.2) is 0 Å². The molecule has 6 heteroatoms. The van der Waals surface area contributed by atoms with Crippen molar-refractivity contribution in [2.24, 2.45) is 0 Å². The lowest BCUT2D eigenvalue weighted by molar-refractivity contribution is -0.124. The number of hydrogen-bond acceptors (Lipinski definition) is 4. The largest absolute Gasteiger partial charge is 0.368 e. The van der Waals surface area contributed by atoms with Crippen LogP contribution in [0.4, 0.5) is 11.4 Å². The Labute approximate surface area is 151 Å². The highest BCUT2D eigenvalue weighted by Crippen LogP contribution is 2.19. The summed E-state index contributed by atoms with van der Waals surface area (Å²) < 4.78 is 5.36. The van der Waals surface area contributed by atoms with Crippen LogP contribution in [0, 0.1) is 0 Å². The van der Waals surface area contributed by atoms with Crippen molar-refractivity contribution >= 4 is 35.0 Å². The van der Waals surface area contributed by atoms with Crippen LogP contribution < -0.4 is 10.6 Å². The standard InChI is InChI=1S/C19H20N2O3S/c1-25-16-10-4-13(5-11-16)18(22)20-14-6-8-15(9-7-14)21-19(23)17-3-2-12-24-17/h4-11,17H,2-3,12H2,1H3,(H,20,22)(H,21,23). The van der Waals surface area contributed by atoms with Crippen LogP contribution in [0.2, 0.25) is 0 Å². The first-order valence-electron chi connectivity index (χ1n) is 8.13. The third-order valence-electron chi connectivity index (χ3n) is 3.98. The van der Waals surface area contributed by atoms with Crippen molar-refractivity contribution in [1.29, 1.82) is 0 Å². The number of hydrogen-bond donors (Lipinski definition) is 2. The predicted molar refractivity (Wildman–Crippen MR) is 100 cm³/mol. The summed E-state index contributed by atoms with van der Waals surface area (Å²) in [6.45, 7) is 0.640. The molecule has 0 spiro atoms. The van der Waals surface area contributed by atoms with E-state index in [-0.39, 0.29) is 17.9 Å². The third kappa shape index (κ3) is 4.61. The second-order valence-electron chi connectivity index (χ2n) is 5.75. The summed E-state index contributed by atoms with van der Waals surface area (Å²) in [6, 6.07) is 14.5. The first kappa shape index (κ1) is 17.5. The summed E-state index contributed by atoms with van der Waals surface area (Å²) in [4.78, 5) is 25.4. The van der Waals surface area contributed by atoms with Crippen LogP contribution in [-0.4, -0.2) is 30.8 Å². The van der Waals surface area contributed by atoms with Gasteiger partial charge in [0.15, 0.2) is 0 Å². The molecule has 2 amide bonds. The fraction of sp³-hybridized carbons (Fsp3) is 0.263. The molecule has 1 fully saturated rings. The molecular formula is C19H20N2O3S. The number of rotatable bonds is 5. The van der Waals surface area contributed by atoms with Gasteiger partial charge < -0.3 is 15.4 Å². The summed E-state index contributed by atoms with van der Waals surface area (Å²) in [7, 11) is 0. The third-order valence-corrected chi connectivity index (χ3v) is 4.73. The number of carbonyl (C=O) groups excluding carboxylic acids is 2. The number of thioether (sulfide) groups is 1. The lowest BCUT2D eigenvalue weighted by Crippen LogP contribution is -2.26. The monoisotopic (exact) mass is 356 g/mol. The van der Waals surface area contributed by atoms with E-state index in [1.54, 1.807) is 48.2 Å². The lowest BCUT2D eigenvalue weighted by Gasteiger charge is -2.11. The van der Waals surface area contributed by atoms with Crippen LogP contribution in [-0.2, 0) is 9.53 Å². The average molecular weight is 356 g/mol. The van der Waals surface area contributed by atoms with E-state index in [1.807, 2.05) is 18.4 Å². The van der Waals surface area contributed by atoms with Gasteiger partial charge in [-0.1, -0.05) is 0 Å². The van der Waals surface area contributed by atoms with Crippen LogP contribution in [0.3, 0.4) is 0 Å². The van der Waals surface area contributed by atoms with E-state index in [0.717, 1.165) is 17.7 Å². The number of benzene rings is 2. The number of nitrogens with one attached hydrogen (secondary N) is 2. The molecular weight excluding hydrogens is 336 g/mol. The molecule has 25 heavy (non-hydrogen) atoms. The molecule has 0 saturated carbocycles. The Morgan fingerprint density at radius 3 is 2.20 bits per heavy atom. The van der Waals surface area contributed by atoms with Crippen molar-refractivity contribution < 1.29 is 14.3 Å². The summed E-state index contributed by atoms with van der Waals surface area (Å²) >= 11 is 1.63.